The Bertz CT molecular complexity index is 961. The normalized spacial score (nSPS) is 12.9. The van der Waals surface area contributed by atoms with E-state index in [1.807, 2.05) is 0 Å². The quantitative estimate of drug-likeness (QED) is 0.279. The fraction of sp³-hybridized carbons (Fsp3) is 0.250. The summed E-state index contributed by atoms with van der Waals surface area (Å²) in [6.45, 7) is -1.05. The maximum atomic E-state index is 11.8. The van der Waals surface area contributed by atoms with Crippen molar-refractivity contribution in [2.24, 2.45) is 0 Å². The van der Waals surface area contributed by atoms with Crippen LogP contribution in [-0.4, -0.2) is 72.0 Å². The lowest BCUT2D eigenvalue weighted by atomic mass is 10.2. The summed E-state index contributed by atoms with van der Waals surface area (Å²) in [5.74, 6) is -1.17. The fourth-order valence-corrected chi connectivity index (χ4v) is 2.58. The van der Waals surface area contributed by atoms with Crippen molar-refractivity contribution in [3.05, 3.63) is 59.7 Å². The van der Waals surface area contributed by atoms with Crippen molar-refractivity contribution in [1.82, 2.24) is 0 Å². The summed E-state index contributed by atoms with van der Waals surface area (Å²) in [6, 6.07) is 8.95. The molecule has 0 radical (unpaired) electrons. The maximum Gasteiger partial charge on any atom is 0.330 e. The third-order valence-electron chi connectivity index (χ3n) is 4.47. The zero-order chi connectivity index (χ0) is 25.1. The maximum absolute atomic E-state index is 11.8. The number of rotatable bonds is 11. The SMILES string of the molecule is COc1cc(C=CC(=O)OC[C@@H](O)[C@H](O)COC(=O)C=Cc2ccc(O)c(OC)c2)ccc1O. The topological polar surface area (TPSA) is 152 Å². The molecule has 0 saturated carbocycles. The van der Waals surface area contributed by atoms with Crippen LogP contribution in [0.25, 0.3) is 12.2 Å². The second-order valence-corrected chi connectivity index (χ2v) is 6.92. The fourth-order valence-electron chi connectivity index (χ4n) is 2.58. The third-order valence-corrected chi connectivity index (χ3v) is 4.47. The van der Waals surface area contributed by atoms with Gasteiger partial charge in [0.25, 0.3) is 0 Å². The average Bonchev–Trinajstić information content (AvgIpc) is 2.84. The summed E-state index contributed by atoms with van der Waals surface area (Å²) in [6.07, 6.45) is 2.09. The zero-order valence-corrected chi connectivity index (χ0v) is 18.6. The highest BCUT2D eigenvalue weighted by Crippen LogP contribution is 2.27. The van der Waals surface area contributed by atoms with Gasteiger partial charge in [-0.15, -0.1) is 0 Å². The smallest absolute Gasteiger partial charge is 0.330 e. The molecule has 4 N–H and O–H groups in total. The van der Waals surface area contributed by atoms with Gasteiger partial charge in [0.15, 0.2) is 23.0 Å². The molecule has 0 saturated heterocycles. The van der Waals surface area contributed by atoms with Crippen LogP contribution in [0.4, 0.5) is 0 Å². The zero-order valence-electron chi connectivity index (χ0n) is 18.6. The highest BCUT2D eigenvalue weighted by molar-refractivity contribution is 5.87. The van der Waals surface area contributed by atoms with Gasteiger partial charge >= 0.3 is 11.9 Å². The number of hydrogen-bond acceptors (Lipinski definition) is 10. The van der Waals surface area contributed by atoms with Gasteiger partial charge in [-0.2, -0.15) is 0 Å². The summed E-state index contributed by atoms with van der Waals surface area (Å²) in [5.41, 5.74) is 1.13. The first-order valence-electron chi connectivity index (χ1n) is 10.0. The molecule has 2 aromatic carbocycles. The van der Waals surface area contributed by atoms with Crippen molar-refractivity contribution in [1.29, 1.82) is 0 Å². The lowest BCUT2D eigenvalue weighted by Gasteiger charge is -2.16. The number of hydrogen-bond donors (Lipinski definition) is 4. The molecule has 0 aromatic heterocycles. The van der Waals surface area contributed by atoms with Gasteiger partial charge in [0.05, 0.1) is 14.2 Å². The van der Waals surface area contributed by atoms with Crippen molar-refractivity contribution in [2.75, 3.05) is 27.4 Å². The molecule has 2 atom stereocenters. The van der Waals surface area contributed by atoms with Crippen LogP contribution in [0.5, 0.6) is 23.0 Å². The minimum atomic E-state index is -1.48. The molecule has 182 valence electrons. The standard InChI is InChI=1S/C24H26O10/c1-31-21-11-15(3-7-17(21)25)5-9-23(29)33-13-19(27)20(28)14-34-24(30)10-6-16-4-8-18(26)22(12-16)32-2/h3-12,19-20,25-28H,13-14H2,1-2H3/t19-,20-/m1/s1. The van der Waals surface area contributed by atoms with E-state index in [4.69, 9.17) is 18.9 Å². The summed E-state index contributed by atoms with van der Waals surface area (Å²) in [7, 11) is 2.79. The number of phenols is 2. The predicted octanol–water partition coefficient (Wildman–Crippen LogP) is 1.65. The molecule has 10 heteroatoms. The monoisotopic (exact) mass is 474 g/mol. The highest BCUT2D eigenvalue weighted by Gasteiger charge is 2.19. The molecule has 0 amide bonds. The second kappa shape index (κ2) is 12.9. The molecule has 2 rings (SSSR count). The number of methoxy groups -OCH3 is 2. The van der Waals surface area contributed by atoms with Crippen LogP contribution in [0, 0.1) is 0 Å². The third kappa shape index (κ3) is 8.15. The first kappa shape index (κ1) is 26.2. The molecule has 10 nitrogen and oxygen atoms in total. The lowest BCUT2D eigenvalue weighted by Crippen LogP contribution is -2.35. The number of esters is 2. The van der Waals surface area contributed by atoms with Crippen LogP contribution in [-0.2, 0) is 19.1 Å². The van der Waals surface area contributed by atoms with E-state index in [2.05, 4.69) is 0 Å². The van der Waals surface area contributed by atoms with E-state index in [0.717, 1.165) is 12.2 Å². The Morgan fingerprint density at radius 2 is 1.15 bits per heavy atom. The van der Waals surface area contributed by atoms with Gasteiger partial charge in [-0.1, -0.05) is 12.1 Å². The Balaban J connectivity index is 1.76. The van der Waals surface area contributed by atoms with E-state index < -0.39 is 37.4 Å². The van der Waals surface area contributed by atoms with Crippen molar-refractivity contribution in [2.45, 2.75) is 12.2 Å². The molecule has 34 heavy (non-hydrogen) atoms. The lowest BCUT2D eigenvalue weighted by molar-refractivity contribution is -0.150. The van der Waals surface area contributed by atoms with Crippen LogP contribution < -0.4 is 9.47 Å². The van der Waals surface area contributed by atoms with Gasteiger partial charge in [0, 0.05) is 12.2 Å². The van der Waals surface area contributed by atoms with Gasteiger partial charge in [-0.25, -0.2) is 9.59 Å². The minimum absolute atomic E-state index is 0.0453. The van der Waals surface area contributed by atoms with Gasteiger partial charge in [-0.3, -0.25) is 0 Å². The molecule has 0 aliphatic rings. The first-order valence-corrected chi connectivity index (χ1v) is 10.0. The molecule has 0 heterocycles. The van der Waals surface area contributed by atoms with E-state index in [-0.39, 0.29) is 23.0 Å². The number of phenolic OH excluding ortho intramolecular Hbond substituents is 2. The number of aliphatic hydroxyl groups excluding tert-OH is 2. The number of ether oxygens (including phenoxy) is 4. The van der Waals surface area contributed by atoms with Crippen LogP contribution >= 0.6 is 0 Å². The van der Waals surface area contributed by atoms with Crippen molar-refractivity contribution in [3.8, 4) is 23.0 Å². The van der Waals surface area contributed by atoms with Crippen molar-refractivity contribution >= 4 is 24.1 Å². The number of aromatic hydroxyl groups is 2. The number of carbonyl (C=O) groups is 2. The minimum Gasteiger partial charge on any atom is -0.504 e. The number of carbonyl (C=O) groups excluding carboxylic acids is 2. The van der Waals surface area contributed by atoms with Crippen LogP contribution in [0.2, 0.25) is 0 Å². The molecule has 0 fully saturated rings. The van der Waals surface area contributed by atoms with Gasteiger partial charge < -0.3 is 39.4 Å². The van der Waals surface area contributed by atoms with E-state index in [0.29, 0.717) is 11.1 Å². The Kier molecular flexibility index (Phi) is 9.93. The van der Waals surface area contributed by atoms with E-state index in [1.165, 1.54) is 50.6 Å². The van der Waals surface area contributed by atoms with E-state index in [9.17, 15) is 30.0 Å². The van der Waals surface area contributed by atoms with E-state index in [1.54, 1.807) is 12.1 Å². The Morgan fingerprint density at radius 1 is 0.765 bits per heavy atom. The molecule has 0 spiro atoms. The van der Waals surface area contributed by atoms with Gasteiger partial charge in [0.2, 0.25) is 0 Å². The van der Waals surface area contributed by atoms with Crippen molar-refractivity contribution < 1.29 is 49.0 Å². The first-order chi connectivity index (χ1) is 16.2. The Labute approximate surface area is 195 Å². The van der Waals surface area contributed by atoms with Gasteiger partial charge in [-0.05, 0) is 47.5 Å². The van der Waals surface area contributed by atoms with Crippen LogP contribution in [0.15, 0.2) is 48.6 Å². The second-order valence-electron chi connectivity index (χ2n) is 6.92. The number of aliphatic hydroxyl groups is 2. The largest absolute Gasteiger partial charge is 0.504 e. The van der Waals surface area contributed by atoms with Crippen molar-refractivity contribution in [3.63, 3.8) is 0 Å². The molecule has 0 aliphatic carbocycles. The molecule has 2 aromatic rings. The summed E-state index contributed by atoms with van der Waals surface area (Å²) in [4.78, 5) is 23.6. The molecular formula is C24H26O10. The summed E-state index contributed by atoms with van der Waals surface area (Å²) < 4.78 is 19.7. The van der Waals surface area contributed by atoms with Gasteiger partial charge in [0.1, 0.15) is 25.4 Å². The summed E-state index contributed by atoms with van der Waals surface area (Å²) in [5, 5.41) is 38.9. The Morgan fingerprint density at radius 3 is 1.50 bits per heavy atom. The summed E-state index contributed by atoms with van der Waals surface area (Å²) >= 11 is 0. The average molecular weight is 474 g/mol. The van der Waals surface area contributed by atoms with Crippen LogP contribution in [0.1, 0.15) is 11.1 Å². The molecule has 0 bridgehead atoms. The molecule has 0 aliphatic heterocycles. The number of benzene rings is 2. The Hall–Kier alpha value is -4.02. The molecular weight excluding hydrogens is 448 g/mol. The molecule has 0 unspecified atom stereocenters. The highest BCUT2D eigenvalue weighted by atomic mass is 16.6. The predicted molar refractivity (Wildman–Crippen MR) is 121 cm³/mol. The van der Waals surface area contributed by atoms with Crippen LogP contribution in [0.3, 0.4) is 0 Å². The van der Waals surface area contributed by atoms with E-state index >= 15 is 0 Å².